The summed E-state index contributed by atoms with van der Waals surface area (Å²) in [6.45, 7) is 8.13. The molecule has 0 spiro atoms. The van der Waals surface area contributed by atoms with Crippen LogP contribution in [0.1, 0.15) is 58.4 Å². The number of carbonyl (C=O) groups is 2. The van der Waals surface area contributed by atoms with Crippen LogP contribution in [0.5, 0.6) is 0 Å². The van der Waals surface area contributed by atoms with E-state index in [2.05, 4.69) is 13.8 Å². The van der Waals surface area contributed by atoms with Crippen LogP contribution in [0.2, 0.25) is 0 Å². The van der Waals surface area contributed by atoms with E-state index in [-0.39, 0.29) is 42.0 Å². The van der Waals surface area contributed by atoms with Crippen molar-refractivity contribution in [2.45, 2.75) is 71.2 Å². The van der Waals surface area contributed by atoms with Gasteiger partial charge >= 0.3 is 5.97 Å². The zero-order valence-corrected chi connectivity index (χ0v) is 19.4. The number of esters is 1. The lowest BCUT2D eigenvalue weighted by molar-refractivity contribution is -0.189. The largest absolute Gasteiger partial charge is 0.472 e. The number of aliphatic hydroxyl groups excluding tert-OH is 1. The van der Waals surface area contributed by atoms with E-state index >= 15 is 0 Å². The molecule has 8 atom stereocenters. The summed E-state index contributed by atoms with van der Waals surface area (Å²) in [5.74, 6) is -0.808. The number of furan rings is 1. The van der Waals surface area contributed by atoms with Gasteiger partial charge in [-0.25, -0.2) is 0 Å². The van der Waals surface area contributed by atoms with Crippen LogP contribution in [0.4, 0.5) is 0 Å². The molecular formula is C26H32O6. The van der Waals surface area contributed by atoms with Crippen molar-refractivity contribution in [2.24, 2.45) is 22.7 Å². The Bertz CT molecular complexity index is 1020. The third kappa shape index (κ3) is 2.59. The van der Waals surface area contributed by atoms with Crippen molar-refractivity contribution in [1.82, 2.24) is 0 Å². The summed E-state index contributed by atoms with van der Waals surface area (Å²) in [6.07, 6.45) is 5.13. The Kier molecular flexibility index (Phi) is 4.84. The summed E-state index contributed by atoms with van der Waals surface area (Å²) < 4.78 is 17.0. The van der Waals surface area contributed by atoms with Crippen LogP contribution >= 0.6 is 0 Å². The summed E-state index contributed by atoms with van der Waals surface area (Å²) >= 11 is 0. The van der Waals surface area contributed by atoms with Gasteiger partial charge in [0, 0.05) is 29.1 Å². The molecule has 6 nitrogen and oxygen atoms in total. The van der Waals surface area contributed by atoms with E-state index in [1.54, 1.807) is 12.5 Å². The molecule has 3 unspecified atom stereocenters. The Morgan fingerprint density at radius 1 is 1.28 bits per heavy atom. The van der Waals surface area contributed by atoms with Crippen molar-refractivity contribution in [2.75, 3.05) is 7.11 Å². The normalized spacial score (nSPS) is 42.9. The number of methoxy groups -OCH3 is 1. The minimum Gasteiger partial charge on any atom is -0.472 e. The first-order valence-corrected chi connectivity index (χ1v) is 11.5. The number of fused-ring (bicyclic) bond motifs is 4. The van der Waals surface area contributed by atoms with Gasteiger partial charge in [0.15, 0.2) is 0 Å². The van der Waals surface area contributed by atoms with E-state index in [1.807, 2.05) is 26.0 Å². The average molecular weight is 441 g/mol. The van der Waals surface area contributed by atoms with E-state index in [9.17, 15) is 14.7 Å². The molecule has 0 radical (unpaired) electrons. The molecule has 3 aliphatic carbocycles. The second-order valence-corrected chi connectivity index (χ2v) is 10.4. The SMILES string of the molecule is COC(=O)C[C@@H]1[C@@]2(C)C(=O)CC=C(C)[C@@H]2C(O)C2OC3C[C@@H](c4ccoc4)C(C)=C3[C@]21C. The van der Waals surface area contributed by atoms with Gasteiger partial charge in [0.05, 0.1) is 44.4 Å². The summed E-state index contributed by atoms with van der Waals surface area (Å²) in [4.78, 5) is 26.1. The van der Waals surface area contributed by atoms with E-state index in [0.717, 1.165) is 23.1 Å². The zero-order chi connectivity index (χ0) is 23.0. The summed E-state index contributed by atoms with van der Waals surface area (Å²) in [6, 6.07) is 1.98. The number of carbonyl (C=O) groups excluding carboxylic acids is 2. The highest BCUT2D eigenvalue weighted by Gasteiger charge is 2.71. The van der Waals surface area contributed by atoms with Crippen molar-refractivity contribution < 1.29 is 28.6 Å². The van der Waals surface area contributed by atoms with E-state index in [0.29, 0.717) is 6.42 Å². The summed E-state index contributed by atoms with van der Waals surface area (Å²) in [5, 5.41) is 11.6. The highest BCUT2D eigenvalue weighted by Crippen LogP contribution is 2.68. The van der Waals surface area contributed by atoms with Gasteiger partial charge in [-0.05, 0) is 43.4 Å². The van der Waals surface area contributed by atoms with Gasteiger partial charge in [-0.3, -0.25) is 9.59 Å². The molecule has 32 heavy (non-hydrogen) atoms. The molecule has 0 amide bonds. The van der Waals surface area contributed by atoms with E-state index in [4.69, 9.17) is 13.9 Å². The monoisotopic (exact) mass is 440 g/mol. The molecule has 1 N–H and O–H groups in total. The fourth-order valence-electron chi connectivity index (χ4n) is 7.75. The third-order valence-electron chi connectivity index (χ3n) is 9.19. The maximum atomic E-state index is 13.5. The molecule has 1 aromatic heterocycles. The van der Waals surface area contributed by atoms with Gasteiger partial charge in [0.2, 0.25) is 0 Å². The molecule has 6 heteroatoms. The fourth-order valence-corrected chi connectivity index (χ4v) is 7.75. The minimum absolute atomic E-state index is 0.0758. The molecule has 1 saturated carbocycles. The van der Waals surface area contributed by atoms with Crippen molar-refractivity contribution in [3.63, 3.8) is 0 Å². The predicted molar refractivity (Wildman–Crippen MR) is 117 cm³/mol. The van der Waals surface area contributed by atoms with Crippen LogP contribution in [0.15, 0.2) is 45.8 Å². The van der Waals surface area contributed by atoms with Crippen LogP contribution < -0.4 is 0 Å². The molecule has 2 heterocycles. The number of ketones is 1. The van der Waals surface area contributed by atoms with Crippen molar-refractivity contribution in [3.8, 4) is 0 Å². The Morgan fingerprint density at radius 3 is 2.69 bits per heavy atom. The number of hydrogen-bond donors (Lipinski definition) is 1. The highest BCUT2D eigenvalue weighted by molar-refractivity contribution is 5.89. The first-order valence-electron chi connectivity index (χ1n) is 11.5. The van der Waals surface area contributed by atoms with Crippen LogP contribution in [-0.2, 0) is 19.1 Å². The molecule has 0 bridgehead atoms. The summed E-state index contributed by atoms with van der Waals surface area (Å²) in [5.41, 5.74) is 2.91. The van der Waals surface area contributed by atoms with Crippen LogP contribution in [0.3, 0.4) is 0 Å². The van der Waals surface area contributed by atoms with Gasteiger partial charge < -0.3 is 19.0 Å². The molecular weight excluding hydrogens is 408 g/mol. The topological polar surface area (TPSA) is 86.0 Å². The number of ether oxygens (including phenoxy) is 2. The maximum absolute atomic E-state index is 13.5. The fraction of sp³-hybridized carbons (Fsp3) is 0.615. The van der Waals surface area contributed by atoms with Gasteiger partial charge in [-0.1, -0.05) is 31.1 Å². The van der Waals surface area contributed by atoms with E-state index < -0.39 is 23.0 Å². The Balaban J connectivity index is 1.70. The van der Waals surface area contributed by atoms with E-state index in [1.165, 1.54) is 12.7 Å². The van der Waals surface area contributed by atoms with Crippen LogP contribution in [0, 0.1) is 22.7 Å². The second kappa shape index (κ2) is 7.16. The van der Waals surface area contributed by atoms with Gasteiger partial charge in [-0.15, -0.1) is 0 Å². The number of aliphatic hydroxyl groups is 1. The highest BCUT2D eigenvalue weighted by atomic mass is 16.5. The average Bonchev–Trinajstić information content (AvgIpc) is 3.45. The Morgan fingerprint density at radius 2 is 2.03 bits per heavy atom. The summed E-state index contributed by atoms with van der Waals surface area (Å²) in [7, 11) is 1.39. The van der Waals surface area contributed by atoms with Gasteiger partial charge in [-0.2, -0.15) is 0 Å². The number of rotatable bonds is 3. The predicted octanol–water partition coefficient (Wildman–Crippen LogP) is 3.95. The van der Waals surface area contributed by atoms with Gasteiger partial charge in [0.25, 0.3) is 0 Å². The number of Topliss-reactive ketones (excluding diaryl/α,β-unsaturated/α-hetero) is 1. The Labute approximate surface area is 188 Å². The Hall–Kier alpha value is -2.18. The van der Waals surface area contributed by atoms with Crippen LogP contribution in [0.25, 0.3) is 0 Å². The second-order valence-electron chi connectivity index (χ2n) is 10.4. The lowest BCUT2D eigenvalue weighted by atomic mass is 9.44. The molecule has 172 valence electrons. The zero-order valence-electron chi connectivity index (χ0n) is 19.4. The third-order valence-corrected chi connectivity index (χ3v) is 9.19. The molecule has 4 aliphatic rings. The molecule has 2 fully saturated rings. The first kappa shape index (κ1) is 21.7. The number of allylic oxidation sites excluding steroid dienone is 2. The lowest BCUT2D eigenvalue weighted by Gasteiger charge is -2.59. The molecule has 0 aromatic carbocycles. The van der Waals surface area contributed by atoms with Crippen molar-refractivity contribution in [1.29, 1.82) is 0 Å². The van der Waals surface area contributed by atoms with Gasteiger partial charge in [0.1, 0.15) is 5.78 Å². The maximum Gasteiger partial charge on any atom is 0.305 e. The first-order chi connectivity index (χ1) is 15.1. The molecule has 1 saturated heterocycles. The van der Waals surface area contributed by atoms with Crippen LogP contribution in [-0.4, -0.2) is 42.3 Å². The number of hydrogen-bond acceptors (Lipinski definition) is 6. The quantitative estimate of drug-likeness (QED) is 0.566. The molecule has 1 aliphatic heterocycles. The lowest BCUT2D eigenvalue weighted by Crippen LogP contribution is -2.65. The van der Waals surface area contributed by atoms with Crippen molar-refractivity contribution in [3.05, 3.63) is 47.0 Å². The smallest absolute Gasteiger partial charge is 0.305 e. The minimum atomic E-state index is -0.878. The molecule has 5 rings (SSSR count). The van der Waals surface area contributed by atoms with Crippen molar-refractivity contribution >= 4 is 11.8 Å². The molecule has 1 aromatic rings. The standard InChI is InChI=1S/C26H32O6/c1-13-6-7-19(27)25(3)18(11-20(28)30-5)26(4)22-14(2)16(15-8-9-31-12-15)10-17(22)32-24(26)23(29)21(13)25/h6,8-9,12,16-18,21,23-24,29H,7,10-11H2,1-5H3/t16-,17?,18-,21-,23?,24?,25+,26-/m1/s1.